The number of likely N-dealkylation sites (tertiary alicyclic amines) is 1. The van der Waals surface area contributed by atoms with Gasteiger partial charge in [-0.05, 0) is 57.2 Å². The summed E-state index contributed by atoms with van der Waals surface area (Å²) in [6, 6.07) is 10.3. The van der Waals surface area contributed by atoms with Crippen LogP contribution in [0, 0.1) is 19.8 Å². The smallest absolute Gasteiger partial charge is 0.217 e. The Hall–Kier alpha value is -2.10. The number of aryl methyl sites for hydroxylation is 2. The number of benzene rings is 1. The molecule has 0 radical (unpaired) electrons. The number of carbonyl (C=O) groups is 1. The summed E-state index contributed by atoms with van der Waals surface area (Å²) in [4.78, 5) is 18.5. The lowest BCUT2D eigenvalue weighted by atomic mass is 9.95. The molecule has 1 saturated heterocycles. The Morgan fingerprint density at radius 1 is 1.33 bits per heavy atom. The van der Waals surface area contributed by atoms with E-state index in [0.717, 1.165) is 61.1 Å². The van der Waals surface area contributed by atoms with Crippen LogP contribution in [-0.4, -0.2) is 46.2 Å². The lowest BCUT2D eigenvalue weighted by molar-refractivity contribution is -0.119. The molecule has 1 atom stereocenters. The highest BCUT2D eigenvalue weighted by atomic mass is 127. The molecule has 0 spiro atoms. The third-order valence-corrected chi connectivity index (χ3v) is 5.27. The second-order valence-corrected chi connectivity index (χ2v) is 7.76. The maximum atomic E-state index is 11.3. The number of aromatic nitrogens is 2. The normalized spacial score (nSPS) is 16.8. The predicted molar refractivity (Wildman–Crippen MR) is 131 cm³/mol. The Morgan fingerprint density at radius 3 is 2.77 bits per heavy atom. The Morgan fingerprint density at radius 2 is 2.10 bits per heavy atom. The van der Waals surface area contributed by atoms with Crippen molar-refractivity contribution in [1.82, 2.24) is 20.0 Å². The molecule has 1 aliphatic heterocycles. The topological polar surface area (TPSA) is 88.5 Å². The first-order valence-corrected chi connectivity index (χ1v) is 10.4. The van der Waals surface area contributed by atoms with E-state index in [0.29, 0.717) is 18.9 Å². The zero-order valence-corrected chi connectivity index (χ0v) is 20.4. The van der Waals surface area contributed by atoms with E-state index < -0.39 is 0 Å². The molecule has 3 rings (SSSR count). The molecule has 2 aromatic rings. The predicted octanol–water partition coefficient (Wildman–Crippen LogP) is 3.16. The average molecular weight is 524 g/mol. The van der Waals surface area contributed by atoms with E-state index >= 15 is 0 Å². The second kappa shape index (κ2) is 11.3. The Bertz CT molecular complexity index is 878. The number of hydrogen-bond acceptors (Lipinski definition) is 3. The zero-order chi connectivity index (χ0) is 20.8. The summed E-state index contributed by atoms with van der Waals surface area (Å²) in [6.07, 6.45) is 2.53. The number of primary amides is 1. The third-order valence-electron chi connectivity index (χ3n) is 5.27. The molecular weight excluding hydrogens is 491 g/mol. The van der Waals surface area contributed by atoms with E-state index in [1.165, 1.54) is 0 Å². The number of amides is 1. The fourth-order valence-corrected chi connectivity index (χ4v) is 4.02. The van der Waals surface area contributed by atoms with Gasteiger partial charge in [-0.25, -0.2) is 9.67 Å². The van der Waals surface area contributed by atoms with Crippen LogP contribution in [0.5, 0.6) is 0 Å². The molecule has 1 unspecified atom stereocenters. The third kappa shape index (κ3) is 6.20. The SMILES string of the molecule is CCNC(=NCc1ccccc1-n1nc(C)cc1C)N1CCCC(CC(N)=O)C1.I. The molecule has 1 amide bonds. The van der Waals surface area contributed by atoms with Gasteiger partial charge in [0, 0.05) is 31.7 Å². The Balaban J connectivity index is 0.00000320. The first kappa shape index (κ1) is 24.2. The van der Waals surface area contributed by atoms with Crippen molar-refractivity contribution in [2.45, 2.75) is 46.6 Å². The molecule has 30 heavy (non-hydrogen) atoms. The quantitative estimate of drug-likeness (QED) is 0.345. The highest BCUT2D eigenvalue weighted by molar-refractivity contribution is 14.0. The van der Waals surface area contributed by atoms with Crippen LogP contribution >= 0.6 is 24.0 Å². The monoisotopic (exact) mass is 524 g/mol. The lowest BCUT2D eigenvalue weighted by Crippen LogP contribution is -2.47. The summed E-state index contributed by atoms with van der Waals surface area (Å²) >= 11 is 0. The number of carbonyl (C=O) groups excluding carboxylic acids is 1. The highest BCUT2D eigenvalue weighted by Gasteiger charge is 2.23. The fourth-order valence-electron chi connectivity index (χ4n) is 4.02. The van der Waals surface area contributed by atoms with Crippen molar-refractivity contribution in [3.8, 4) is 5.69 Å². The van der Waals surface area contributed by atoms with Crippen LogP contribution in [0.3, 0.4) is 0 Å². The van der Waals surface area contributed by atoms with Gasteiger partial charge in [0.1, 0.15) is 0 Å². The summed E-state index contributed by atoms with van der Waals surface area (Å²) in [5.74, 6) is 0.967. The Labute approximate surface area is 196 Å². The summed E-state index contributed by atoms with van der Waals surface area (Å²) < 4.78 is 1.98. The van der Waals surface area contributed by atoms with E-state index in [-0.39, 0.29) is 29.9 Å². The number of hydrogen-bond donors (Lipinski definition) is 2. The van der Waals surface area contributed by atoms with Crippen molar-refractivity contribution in [3.05, 3.63) is 47.3 Å². The number of nitrogens with zero attached hydrogens (tertiary/aromatic N) is 4. The van der Waals surface area contributed by atoms with Crippen molar-refractivity contribution in [2.24, 2.45) is 16.6 Å². The standard InChI is InChI=1S/C22H32N6O.HI/c1-4-24-22(27-11-7-8-18(15-27)13-21(23)29)25-14-19-9-5-6-10-20(19)28-17(3)12-16(2)26-28;/h5-6,9-10,12,18H,4,7-8,11,13-15H2,1-3H3,(H2,23,29)(H,24,25);1H. The summed E-state index contributed by atoms with van der Waals surface area (Å²) in [5.41, 5.74) is 9.71. The van der Waals surface area contributed by atoms with Crippen LogP contribution < -0.4 is 11.1 Å². The first-order chi connectivity index (χ1) is 14.0. The van der Waals surface area contributed by atoms with Gasteiger partial charge in [-0.2, -0.15) is 5.10 Å². The van der Waals surface area contributed by atoms with Gasteiger partial charge in [-0.3, -0.25) is 4.79 Å². The van der Waals surface area contributed by atoms with Crippen LogP contribution in [0.25, 0.3) is 5.69 Å². The van der Waals surface area contributed by atoms with Crippen molar-refractivity contribution in [1.29, 1.82) is 0 Å². The van der Waals surface area contributed by atoms with Gasteiger partial charge >= 0.3 is 0 Å². The molecule has 2 heterocycles. The number of rotatable bonds is 6. The number of piperidine rings is 1. The van der Waals surface area contributed by atoms with Gasteiger partial charge in [0.2, 0.25) is 5.91 Å². The number of nitrogens with one attached hydrogen (secondary N) is 1. The molecule has 1 fully saturated rings. The zero-order valence-electron chi connectivity index (χ0n) is 18.1. The lowest BCUT2D eigenvalue weighted by Gasteiger charge is -2.34. The summed E-state index contributed by atoms with van der Waals surface area (Å²) in [6.45, 7) is 9.27. The van der Waals surface area contributed by atoms with Gasteiger partial charge < -0.3 is 16.0 Å². The minimum Gasteiger partial charge on any atom is -0.370 e. The van der Waals surface area contributed by atoms with Gasteiger partial charge in [0.15, 0.2) is 5.96 Å². The van der Waals surface area contributed by atoms with E-state index in [9.17, 15) is 4.79 Å². The van der Waals surface area contributed by atoms with E-state index in [1.54, 1.807) is 0 Å². The van der Waals surface area contributed by atoms with Gasteiger partial charge in [0.05, 0.1) is 17.9 Å². The highest BCUT2D eigenvalue weighted by Crippen LogP contribution is 2.21. The number of guanidine groups is 1. The molecule has 1 aromatic carbocycles. The molecule has 3 N–H and O–H groups in total. The number of aliphatic imine (C=N–C) groups is 1. The molecule has 7 nitrogen and oxygen atoms in total. The molecule has 0 saturated carbocycles. The largest absolute Gasteiger partial charge is 0.370 e. The van der Waals surface area contributed by atoms with E-state index in [1.807, 2.05) is 23.7 Å². The molecule has 1 aliphatic rings. The van der Waals surface area contributed by atoms with Crippen LogP contribution in [-0.2, 0) is 11.3 Å². The maximum Gasteiger partial charge on any atom is 0.217 e. The van der Waals surface area contributed by atoms with Gasteiger partial charge in [0.25, 0.3) is 0 Å². The van der Waals surface area contributed by atoms with E-state index in [4.69, 9.17) is 10.7 Å². The molecule has 0 bridgehead atoms. The average Bonchev–Trinajstić information content (AvgIpc) is 3.03. The van der Waals surface area contributed by atoms with Crippen LogP contribution in [0.4, 0.5) is 0 Å². The van der Waals surface area contributed by atoms with E-state index in [2.05, 4.69) is 47.4 Å². The van der Waals surface area contributed by atoms with Crippen molar-refractivity contribution in [3.63, 3.8) is 0 Å². The number of para-hydroxylation sites is 1. The van der Waals surface area contributed by atoms with Crippen LogP contribution in [0.15, 0.2) is 35.3 Å². The minimum atomic E-state index is -0.224. The fraction of sp³-hybridized carbons (Fsp3) is 0.500. The second-order valence-electron chi connectivity index (χ2n) is 7.76. The molecule has 164 valence electrons. The summed E-state index contributed by atoms with van der Waals surface area (Å²) in [7, 11) is 0. The van der Waals surface area contributed by atoms with Crippen molar-refractivity contribution in [2.75, 3.05) is 19.6 Å². The summed E-state index contributed by atoms with van der Waals surface area (Å²) in [5, 5.41) is 8.04. The molecule has 0 aliphatic carbocycles. The van der Waals surface area contributed by atoms with Gasteiger partial charge in [-0.1, -0.05) is 18.2 Å². The van der Waals surface area contributed by atoms with Crippen molar-refractivity contribution >= 4 is 35.8 Å². The number of halogens is 1. The van der Waals surface area contributed by atoms with Crippen LogP contribution in [0.1, 0.15) is 43.1 Å². The van der Waals surface area contributed by atoms with Crippen molar-refractivity contribution < 1.29 is 4.79 Å². The molecule has 1 aromatic heterocycles. The number of nitrogens with two attached hydrogens (primary N) is 1. The molecular formula is C22H33IN6O. The maximum absolute atomic E-state index is 11.3. The van der Waals surface area contributed by atoms with Crippen LogP contribution in [0.2, 0.25) is 0 Å². The molecule has 8 heteroatoms. The Kier molecular flexibility index (Phi) is 9.13. The first-order valence-electron chi connectivity index (χ1n) is 10.4. The van der Waals surface area contributed by atoms with Gasteiger partial charge in [-0.15, -0.1) is 24.0 Å². The minimum absolute atomic E-state index is 0.